The molecule has 0 aliphatic rings. The molecule has 0 aliphatic heterocycles. The first-order chi connectivity index (χ1) is 11.0. The molecule has 24 heavy (non-hydrogen) atoms. The van der Waals surface area contributed by atoms with E-state index in [2.05, 4.69) is 15.5 Å². The number of carbonyl (C=O) groups excluding carboxylic acids is 2. The Balaban J connectivity index is 2.73. The van der Waals surface area contributed by atoms with Crippen molar-refractivity contribution in [1.29, 1.82) is 0 Å². The lowest BCUT2D eigenvalue weighted by Gasteiger charge is -2.23. The third-order valence-electron chi connectivity index (χ3n) is 2.84. The Bertz CT molecular complexity index is 566. The minimum atomic E-state index is -0.589. The van der Waals surface area contributed by atoms with E-state index in [0.717, 1.165) is 11.8 Å². The number of nitrogens with zero attached hydrogens (tertiary/aromatic N) is 3. The monoisotopic (exact) mass is 358 g/mol. The second kappa shape index (κ2) is 8.36. The molecule has 2 amide bonds. The van der Waals surface area contributed by atoms with Crippen molar-refractivity contribution in [3.63, 3.8) is 0 Å². The summed E-state index contributed by atoms with van der Waals surface area (Å²) in [4.78, 5) is 25.0. The van der Waals surface area contributed by atoms with Crippen LogP contribution >= 0.6 is 11.8 Å². The molecule has 0 fully saturated rings. The van der Waals surface area contributed by atoms with Crippen molar-refractivity contribution in [2.75, 3.05) is 19.8 Å². The second-order valence-electron chi connectivity index (χ2n) is 6.85. The molecule has 0 saturated heterocycles. The number of hydrogen-bond acceptors (Lipinski definition) is 7. The lowest BCUT2D eigenvalue weighted by molar-refractivity contribution is -0.125. The average molecular weight is 358 g/mol. The van der Waals surface area contributed by atoms with Gasteiger partial charge in [0.15, 0.2) is 0 Å². The molecule has 9 heteroatoms. The van der Waals surface area contributed by atoms with Crippen LogP contribution in [0.1, 0.15) is 46.6 Å². The summed E-state index contributed by atoms with van der Waals surface area (Å²) in [6.45, 7) is 9.23. The molecule has 0 radical (unpaired) electrons. The summed E-state index contributed by atoms with van der Waals surface area (Å²) in [5, 5.41) is 10.9. The van der Waals surface area contributed by atoms with E-state index < -0.39 is 17.7 Å². The summed E-state index contributed by atoms with van der Waals surface area (Å²) < 4.78 is 10.8. The minimum Gasteiger partial charge on any atom is -0.444 e. The van der Waals surface area contributed by atoms with Gasteiger partial charge < -0.3 is 19.4 Å². The molecule has 0 bridgehead atoms. The van der Waals surface area contributed by atoms with Gasteiger partial charge in [-0.25, -0.2) is 4.79 Å². The molecule has 0 aromatic carbocycles. The molecule has 8 nitrogen and oxygen atoms in total. The number of rotatable bonds is 6. The largest absolute Gasteiger partial charge is 0.444 e. The molecule has 0 unspecified atom stereocenters. The molecular weight excluding hydrogens is 332 g/mol. The zero-order valence-corrected chi connectivity index (χ0v) is 16.1. The predicted molar refractivity (Wildman–Crippen MR) is 90.7 cm³/mol. The van der Waals surface area contributed by atoms with Crippen molar-refractivity contribution < 1.29 is 18.7 Å². The summed E-state index contributed by atoms with van der Waals surface area (Å²) >= 11 is 1.16. The van der Waals surface area contributed by atoms with Crippen LogP contribution in [0.4, 0.5) is 4.79 Å². The number of thioether (sulfide) groups is 1. The maximum Gasteiger partial charge on any atom is 0.408 e. The topological polar surface area (TPSA) is 97.6 Å². The van der Waals surface area contributed by atoms with Crippen LogP contribution < -0.4 is 5.32 Å². The number of hydrogen-bond donors (Lipinski definition) is 1. The molecule has 0 aliphatic carbocycles. The van der Waals surface area contributed by atoms with E-state index in [1.54, 1.807) is 34.9 Å². The molecule has 0 spiro atoms. The number of amides is 2. The first kappa shape index (κ1) is 20.3. The van der Waals surface area contributed by atoms with Crippen LogP contribution in [0.5, 0.6) is 0 Å². The van der Waals surface area contributed by atoms with Gasteiger partial charge in [0.05, 0.1) is 5.75 Å². The van der Waals surface area contributed by atoms with Gasteiger partial charge in [-0.05, 0) is 26.7 Å². The number of carbonyl (C=O) groups is 2. The van der Waals surface area contributed by atoms with E-state index in [4.69, 9.17) is 9.15 Å². The first-order valence-corrected chi connectivity index (χ1v) is 8.64. The van der Waals surface area contributed by atoms with Gasteiger partial charge in [-0.3, -0.25) is 4.79 Å². The summed E-state index contributed by atoms with van der Waals surface area (Å²) in [5.74, 6) is 0.474. The minimum absolute atomic E-state index is 0.0271. The van der Waals surface area contributed by atoms with E-state index in [9.17, 15) is 9.59 Å². The third-order valence-corrected chi connectivity index (χ3v) is 3.65. The zero-order valence-electron chi connectivity index (χ0n) is 15.2. The highest BCUT2D eigenvalue weighted by molar-refractivity contribution is 7.99. The van der Waals surface area contributed by atoms with Crippen molar-refractivity contribution in [3.8, 4) is 0 Å². The van der Waals surface area contributed by atoms with Crippen LogP contribution in [0, 0.1) is 5.92 Å². The number of aromatic nitrogens is 2. The van der Waals surface area contributed by atoms with Crippen LogP contribution in [0.25, 0.3) is 0 Å². The van der Waals surface area contributed by atoms with Gasteiger partial charge >= 0.3 is 6.09 Å². The average Bonchev–Trinajstić information content (AvgIpc) is 2.88. The standard InChI is InChI=1S/C15H26N4O4S/c1-9(2)11(16-13(21)23-15(3,4)5)12-17-18-14(22-12)24-8-10(20)19(6)7/h9,11H,8H2,1-7H3,(H,16,21)/t11-/m1/s1. The highest BCUT2D eigenvalue weighted by Crippen LogP contribution is 2.25. The fourth-order valence-electron chi connectivity index (χ4n) is 1.61. The van der Waals surface area contributed by atoms with Gasteiger partial charge in [-0.15, -0.1) is 10.2 Å². The van der Waals surface area contributed by atoms with Crippen LogP contribution in [-0.2, 0) is 9.53 Å². The Morgan fingerprint density at radius 2 is 1.92 bits per heavy atom. The molecule has 1 atom stereocenters. The van der Waals surface area contributed by atoms with Crippen LogP contribution in [0.3, 0.4) is 0 Å². The maximum absolute atomic E-state index is 12.0. The van der Waals surface area contributed by atoms with E-state index in [-0.39, 0.29) is 28.7 Å². The summed E-state index contributed by atoms with van der Waals surface area (Å²) in [7, 11) is 3.36. The fraction of sp³-hybridized carbons (Fsp3) is 0.733. The van der Waals surface area contributed by atoms with E-state index in [1.807, 2.05) is 13.8 Å². The van der Waals surface area contributed by atoms with E-state index in [1.165, 1.54) is 4.90 Å². The number of nitrogens with one attached hydrogen (secondary N) is 1. The first-order valence-electron chi connectivity index (χ1n) is 7.65. The molecule has 1 heterocycles. The summed E-state index contributed by atoms with van der Waals surface area (Å²) in [5.41, 5.74) is -0.589. The predicted octanol–water partition coefficient (Wildman–Crippen LogP) is 2.47. The molecule has 1 rings (SSSR count). The van der Waals surface area contributed by atoms with Crippen molar-refractivity contribution in [3.05, 3.63) is 5.89 Å². The number of alkyl carbamates (subject to hydrolysis) is 1. The summed E-state index contributed by atoms with van der Waals surface area (Å²) in [6, 6.07) is -0.466. The Kier molecular flexibility index (Phi) is 7.07. The van der Waals surface area contributed by atoms with Gasteiger partial charge in [0.1, 0.15) is 11.6 Å². The Labute approximate surface area is 146 Å². The Morgan fingerprint density at radius 3 is 2.42 bits per heavy atom. The lowest BCUT2D eigenvalue weighted by atomic mass is 10.1. The lowest BCUT2D eigenvalue weighted by Crippen LogP contribution is -2.37. The van der Waals surface area contributed by atoms with Gasteiger partial charge in [0, 0.05) is 14.1 Å². The third kappa shape index (κ3) is 6.77. The van der Waals surface area contributed by atoms with Gasteiger partial charge in [-0.1, -0.05) is 25.6 Å². The molecule has 136 valence electrons. The SMILES string of the molecule is CC(C)[C@@H](NC(=O)OC(C)(C)C)c1nnc(SCC(=O)N(C)C)o1. The molecule has 1 N–H and O–H groups in total. The molecule has 1 aromatic rings. The van der Waals surface area contributed by atoms with Gasteiger partial charge in [0.25, 0.3) is 5.22 Å². The zero-order chi connectivity index (χ0) is 18.5. The number of ether oxygens (including phenoxy) is 1. The highest BCUT2D eigenvalue weighted by atomic mass is 32.2. The molecular formula is C15H26N4O4S. The maximum atomic E-state index is 12.0. The van der Waals surface area contributed by atoms with E-state index in [0.29, 0.717) is 0 Å². The molecule has 1 aromatic heterocycles. The van der Waals surface area contributed by atoms with Crippen LogP contribution in [0.15, 0.2) is 9.64 Å². The van der Waals surface area contributed by atoms with Crippen molar-refractivity contribution >= 4 is 23.8 Å². The van der Waals surface area contributed by atoms with E-state index >= 15 is 0 Å². The summed E-state index contributed by atoms with van der Waals surface area (Å²) in [6.07, 6.45) is -0.545. The van der Waals surface area contributed by atoms with Crippen LogP contribution in [-0.4, -0.2) is 52.5 Å². The van der Waals surface area contributed by atoms with Crippen LogP contribution in [0.2, 0.25) is 0 Å². The Morgan fingerprint density at radius 1 is 1.29 bits per heavy atom. The van der Waals surface area contributed by atoms with Crippen molar-refractivity contribution in [2.24, 2.45) is 5.92 Å². The van der Waals surface area contributed by atoms with Gasteiger partial charge in [0.2, 0.25) is 11.8 Å². The highest BCUT2D eigenvalue weighted by Gasteiger charge is 2.27. The fourth-order valence-corrected chi connectivity index (χ4v) is 2.35. The normalized spacial score (nSPS) is 12.8. The smallest absolute Gasteiger partial charge is 0.408 e. The van der Waals surface area contributed by atoms with Crippen molar-refractivity contribution in [1.82, 2.24) is 20.4 Å². The van der Waals surface area contributed by atoms with Crippen molar-refractivity contribution in [2.45, 2.75) is 51.5 Å². The van der Waals surface area contributed by atoms with Gasteiger partial charge in [-0.2, -0.15) is 0 Å². The molecule has 0 saturated carbocycles. The quantitative estimate of drug-likeness (QED) is 0.780. The second-order valence-corrected chi connectivity index (χ2v) is 7.78. The Hall–Kier alpha value is -1.77.